The smallest absolute Gasteiger partial charge is 0.406 e. The predicted molar refractivity (Wildman–Crippen MR) is 152 cm³/mol. The molecule has 2 fully saturated rings. The number of alkyl halides is 3. The highest BCUT2D eigenvalue weighted by Crippen LogP contribution is 2.44. The van der Waals surface area contributed by atoms with Gasteiger partial charge in [0.05, 0.1) is 0 Å². The van der Waals surface area contributed by atoms with Crippen LogP contribution in [0.3, 0.4) is 0 Å². The summed E-state index contributed by atoms with van der Waals surface area (Å²) < 4.78 is 69.4. The van der Waals surface area contributed by atoms with Crippen LogP contribution in [-0.4, -0.2) is 30.9 Å². The number of ether oxygens (including phenoxy) is 1. The van der Waals surface area contributed by atoms with E-state index in [2.05, 4.69) is 40.6 Å². The minimum atomic E-state index is -4.75. The van der Waals surface area contributed by atoms with Gasteiger partial charge in [0.2, 0.25) is 0 Å². The first kappa shape index (κ1) is 29.1. The van der Waals surface area contributed by atoms with Crippen molar-refractivity contribution in [3.8, 4) is 16.9 Å². The third-order valence-electron chi connectivity index (χ3n) is 8.44. The summed E-state index contributed by atoms with van der Waals surface area (Å²) in [6.07, 6.45) is 0.626. The van der Waals surface area contributed by atoms with Gasteiger partial charge in [-0.2, -0.15) is 0 Å². The quantitative estimate of drug-likeness (QED) is 0.246. The molecule has 5 rings (SSSR count). The van der Waals surface area contributed by atoms with Crippen molar-refractivity contribution in [2.75, 3.05) is 25.0 Å². The van der Waals surface area contributed by atoms with E-state index in [9.17, 15) is 22.0 Å². The van der Waals surface area contributed by atoms with Gasteiger partial charge in [-0.1, -0.05) is 49.9 Å². The van der Waals surface area contributed by atoms with Gasteiger partial charge in [0.1, 0.15) is 5.75 Å². The fourth-order valence-corrected chi connectivity index (χ4v) is 5.92. The number of likely N-dealkylation sites (tertiary alicyclic amines) is 1. The van der Waals surface area contributed by atoms with Crippen molar-refractivity contribution in [2.45, 2.75) is 50.8 Å². The molecule has 0 radical (unpaired) electrons. The summed E-state index contributed by atoms with van der Waals surface area (Å²) in [5, 5.41) is 3.16. The Morgan fingerprint density at radius 3 is 2.32 bits per heavy atom. The van der Waals surface area contributed by atoms with Crippen molar-refractivity contribution < 1.29 is 26.7 Å². The maximum atomic E-state index is 13.8. The molecule has 1 aliphatic heterocycles. The molecule has 1 aliphatic carbocycles. The number of rotatable bonds is 10. The Morgan fingerprint density at radius 2 is 1.68 bits per heavy atom. The zero-order valence-electron chi connectivity index (χ0n) is 23.1. The van der Waals surface area contributed by atoms with E-state index in [1.807, 2.05) is 12.1 Å². The minimum absolute atomic E-state index is 0.0361. The molecular weight excluding hydrogens is 535 g/mol. The average Bonchev–Trinajstić information content (AvgIpc) is 3.75. The number of hydrogen-bond donors (Lipinski definition) is 1. The molecule has 1 N–H and O–H groups in total. The molecule has 3 nitrogen and oxygen atoms in total. The Morgan fingerprint density at radius 1 is 0.976 bits per heavy atom. The molecule has 8 heteroatoms. The van der Waals surface area contributed by atoms with Crippen molar-refractivity contribution in [3.63, 3.8) is 0 Å². The van der Waals surface area contributed by atoms with Crippen molar-refractivity contribution in [3.05, 3.63) is 96.2 Å². The third-order valence-corrected chi connectivity index (χ3v) is 8.44. The molecule has 1 atom stereocenters. The number of allylic oxidation sites excluding steroid dienone is 1. The Labute approximate surface area is 238 Å². The second kappa shape index (κ2) is 11.8. The van der Waals surface area contributed by atoms with Crippen LogP contribution in [0.2, 0.25) is 0 Å². The summed E-state index contributed by atoms with van der Waals surface area (Å²) in [6.45, 7) is 9.43. The molecule has 1 saturated carbocycles. The zero-order chi connectivity index (χ0) is 29.2. The molecule has 0 bridgehead atoms. The molecule has 1 heterocycles. The first-order valence-electron chi connectivity index (χ1n) is 14.1. The van der Waals surface area contributed by atoms with Crippen LogP contribution in [-0.2, 0) is 5.41 Å². The number of hydrogen-bond acceptors (Lipinski definition) is 3. The van der Waals surface area contributed by atoms with E-state index in [4.69, 9.17) is 0 Å². The third kappa shape index (κ3) is 7.47. The van der Waals surface area contributed by atoms with Gasteiger partial charge >= 0.3 is 6.36 Å². The van der Waals surface area contributed by atoms with Gasteiger partial charge in [-0.3, -0.25) is 0 Å². The maximum absolute atomic E-state index is 13.8. The van der Waals surface area contributed by atoms with Crippen LogP contribution in [0.5, 0.6) is 5.75 Å². The molecule has 0 amide bonds. The molecule has 1 saturated heterocycles. The van der Waals surface area contributed by atoms with E-state index < -0.39 is 18.0 Å². The summed E-state index contributed by atoms with van der Waals surface area (Å²) in [7, 11) is 0. The molecule has 0 spiro atoms. The maximum Gasteiger partial charge on any atom is 0.573 e. The Balaban J connectivity index is 1.35. The van der Waals surface area contributed by atoms with Crippen LogP contribution < -0.4 is 10.1 Å². The Bertz CT molecular complexity index is 1360. The Hall–Kier alpha value is -3.39. The number of nitrogens with one attached hydrogen (secondary N) is 1. The summed E-state index contributed by atoms with van der Waals surface area (Å²) in [4.78, 5) is 2.55. The lowest BCUT2D eigenvalue weighted by atomic mass is 9.67. The molecule has 3 aromatic carbocycles. The molecular formula is C33H35F5N2O. The predicted octanol–water partition coefficient (Wildman–Crippen LogP) is 8.93. The molecule has 218 valence electrons. The first-order valence-corrected chi connectivity index (χ1v) is 14.1. The van der Waals surface area contributed by atoms with Crippen molar-refractivity contribution >= 4 is 5.69 Å². The highest BCUT2D eigenvalue weighted by Gasteiger charge is 2.39. The van der Waals surface area contributed by atoms with Crippen LogP contribution in [0.15, 0.2) is 79.0 Å². The summed E-state index contributed by atoms with van der Waals surface area (Å²) in [5.41, 5.74) is 3.69. The van der Waals surface area contributed by atoms with Gasteiger partial charge in [-0.25, -0.2) is 8.78 Å². The summed E-state index contributed by atoms with van der Waals surface area (Å²) in [5.74, 6) is -1.20. The van der Waals surface area contributed by atoms with Gasteiger partial charge in [0.25, 0.3) is 0 Å². The van der Waals surface area contributed by atoms with Crippen LogP contribution in [0.25, 0.3) is 11.1 Å². The lowest BCUT2D eigenvalue weighted by molar-refractivity contribution is -0.274. The number of piperidine rings is 1. The topological polar surface area (TPSA) is 24.5 Å². The lowest BCUT2D eigenvalue weighted by Gasteiger charge is -2.44. The van der Waals surface area contributed by atoms with E-state index in [0.717, 1.165) is 68.2 Å². The van der Waals surface area contributed by atoms with Crippen LogP contribution >= 0.6 is 0 Å². The lowest BCUT2D eigenvalue weighted by Crippen LogP contribution is -2.44. The normalized spacial score (nSPS) is 18.1. The van der Waals surface area contributed by atoms with Crippen LogP contribution in [0.1, 0.15) is 44.6 Å². The van der Waals surface area contributed by atoms with Gasteiger partial charge in [-0.15, -0.1) is 13.2 Å². The number of halogens is 5. The first-order chi connectivity index (χ1) is 19.5. The summed E-state index contributed by atoms with van der Waals surface area (Å²) >= 11 is 0. The average molecular weight is 571 g/mol. The van der Waals surface area contributed by atoms with E-state index in [1.165, 1.54) is 36.6 Å². The largest absolute Gasteiger partial charge is 0.573 e. The Kier molecular flexibility index (Phi) is 8.41. The monoisotopic (exact) mass is 570 g/mol. The SMILES string of the molecule is C=C(Nc1ccc(F)c(F)c1)C(C)CC1(c2ccc(-c3cccc(OC(F)(F)F)c3)cc2)CCN(CC2CC2)CC1. The van der Waals surface area contributed by atoms with Gasteiger partial charge in [-0.05, 0) is 103 Å². The van der Waals surface area contributed by atoms with E-state index >= 15 is 0 Å². The zero-order valence-corrected chi connectivity index (χ0v) is 23.1. The summed E-state index contributed by atoms with van der Waals surface area (Å²) in [6, 6.07) is 17.8. The minimum Gasteiger partial charge on any atom is -0.406 e. The fourth-order valence-electron chi connectivity index (χ4n) is 5.92. The molecule has 2 aliphatic rings. The highest BCUT2D eigenvalue weighted by molar-refractivity contribution is 5.65. The van der Waals surface area contributed by atoms with Crippen LogP contribution in [0, 0.1) is 23.5 Å². The van der Waals surface area contributed by atoms with Gasteiger partial charge < -0.3 is 15.0 Å². The van der Waals surface area contributed by atoms with Crippen LogP contribution in [0.4, 0.5) is 27.6 Å². The number of benzene rings is 3. The van der Waals surface area contributed by atoms with E-state index in [1.54, 1.807) is 12.1 Å². The molecule has 0 aromatic heterocycles. The second-order valence-electron chi connectivity index (χ2n) is 11.6. The van der Waals surface area contributed by atoms with Crippen molar-refractivity contribution in [1.29, 1.82) is 0 Å². The second-order valence-corrected chi connectivity index (χ2v) is 11.6. The van der Waals surface area contributed by atoms with E-state index in [-0.39, 0.29) is 17.1 Å². The number of anilines is 1. The van der Waals surface area contributed by atoms with Crippen molar-refractivity contribution in [1.82, 2.24) is 4.90 Å². The van der Waals surface area contributed by atoms with Gasteiger partial charge in [0, 0.05) is 24.0 Å². The van der Waals surface area contributed by atoms with E-state index in [0.29, 0.717) is 11.3 Å². The van der Waals surface area contributed by atoms with Crippen molar-refractivity contribution in [2.24, 2.45) is 11.8 Å². The molecule has 41 heavy (non-hydrogen) atoms. The molecule has 3 aromatic rings. The number of nitrogens with zero attached hydrogens (tertiary/aromatic N) is 1. The highest BCUT2D eigenvalue weighted by atomic mass is 19.4. The molecule has 1 unspecified atom stereocenters. The fraction of sp³-hybridized carbons (Fsp3) is 0.394. The standard InChI is InChI=1S/C33H35F5N2O/c1-22(23(2)39-28-12-13-30(34)31(35)19-28)20-32(14-16-40(17-15-32)21-24-6-7-24)27-10-8-25(9-11-27)26-4-3-5-29(18-26)41-33(36,37)38/h3-5,8-13,18-19,22,24,39H,2,6-7,14-17,20-21H2,1H3. The van der Waals surface area contributed by atoms with Gasteiger partial charge in [0.15, 0.2) is 11.6 Å².